The summed E-state index contributed by atoms with van der Waals surface area (Å²) in [7, 11) is 0. The van der Waals surface area contributed by atoms with E-state index in [0.29, 0.717) is 6.54 Å². The van der Waals surface area contributed by atoms with Gasteiger partial charge in [-0.25, -0.2) is 0 Å². The number of aliphatic hydroxyl groups excluding tert-OH is 1. The molecule has 0 saturated heterocycles. The maximum Gasteiger partial charge on any atom is 0.234 e. The van der Waals surface area contributed by atoms with Crippen molar-refractivity contribution in [3.05, 3.63) is 0 Å². The highest BCUT2D eigenvalue weighted by atomic mass is 16.3. The summed E-state index contributed by atoms with van der Waals surface area (Å²) in [5, 5.41) is 15.0. The van der Waals surface area contributed by atoms with Crippen LogP contribution in [0.3, 0.4) is 0 Å². The predicted molar refractivity (Wildman–Crippen MR) is 58.1 cm³/mol. The van der Waals surface area contributed by atoms with Crippen molar-refractivity contribution in [2.24, 2.45) is 0 Å². The molecular weight excluding hydrogens is 192 g/mol. The van der Waals surface area contributed by atoms with Gasteiger partial charge in [0.2, 0.25) is 5.91 Å². The fourth-order valence-electron chi connectivity index (χ4n) is 1.75. The molecule has 1 aliphatic rings. The third-order valence-corrected chi connectivity index (χ3v) is 2.57. The molecule has 0 aliphatic heterocycles. The van der Waals surface area contributed by atoms with Gasteiger partial charge < -0.3 is 10.4 Å². The zero-order valence-corrected chi connectivity index (χ0v) is 8.83. The number of rotatable bonds is 4. The van der Waals surface area contributed by atoms with Crippen LogP contribution in [-0.4, -0.2) is 36.2 Å². The van der Waals surface area contributed by atoms with E-state index < -0.39 is 0 Å². The van der Waals surface area contributed by atoms with Gasteiger partial charge in [0.05, 0.1) is 19.2 Å². The van der Waals surface area contributed by atoms with E-state index in [9.17, 15) is 9.90 Å². The maximum atomic E-state index is 11.4. The molecule has 1 rings (SSSR count). The van der Waals surface area contributed by atoms with E-state index in [-0.39, 0.29) is 24.6 Å². The van der Waals surface area contributed by atoms with Gasteiger partial charge >= 0.3 is 0 Å². The highest BCUT2D eigenvalue weighted by Gasteiger charge is 2.20. The zero-order valence-electron chi connectivity index (χ0n) is 8.83. The van der Waals surface area contributed by atoms with Gasteiger partial charge in [-0.15, -0.1) is 6.42 Å². The minimum Gasteiger partial charge on any atom is -0.393 e. The van der Waals surface area contributed by atoms with Crippen molar-refractivity contribution in [3.8, 4) is 12.3 Å². The van der Waals surface area contributed by atoms with Gasteiger partial charge in [-0.05, 0) is 25.7 Å². The largest absolute Gasteiger partial charge is 0.393 e. The standard InChI is InChI=1S/C11H18N2O2/c1-2-7-12-8-11(15)13-9-3-5-10(14)6-4-9/h1,9-10,12,14H,3-8H2,(H,13,15). The maximum absolute atomic E-state index is 11.4. The van der Waals surface area contributed by atoms with Gasteiger partial charge in [-0.2, -0.15) is 0 Å². The second-order valence-electron chi connectivity index (χ2n) is 3.88. The molecule has 1 aliphatic carbocycles. The molecule has 0 spiro atoms. The van der Waals surface area contributed by atoms with E-state index in [1.54, 1.807) is 0 Å². The van der Waals surface area contributed by atoms with Crippen LogP contribution in [0.5, 0.6) is 0 Å². The van der Waals surface area contributed by atoms with E-state index in [0.717, 1.165) is 25.7 Å². The van der Waals surface area contributed by atoms with Crippen molar-refractivity contribution >= 4 is 5.91 Å². The molecule has 15 heavy (non-hydrogen) atoms. The summed E-state index contributed by atoms with van der Waals surface area (Å²) in [5.41, 5.74) is 0. The number of hydrogen-bond acceptors (Lipinski definition) is 3. The lowest BCUT2D eigenvalue weighted by Crippen LogP contribution is -2.42. The normalized spacial score (nSPS) is 25.6. The SMILES string of the molecule is C#CCNCC(=O)NC1CCC(O)CC1. The second-order valence-corrected chi connectivity index (χ2v) is 3.88. The molecule has 0 bridgehead atoms. The van der Waals surface area contributed by atoms with Crippen LogP contribution >= 0.6 is 0 Å². The summed E-state index contributed by atoms with van der Waals surface area (Å²) < 4.78 is 0. The molecular formula is C11H18N2O2. The van der Waals surface area contributed by atoms with Crippen molar-refractivity contribution in [2.45, 2.75) is 37.8 Å². The summed E-state index contributed by atoms with van der Waals surface area (Å²) in [6.07, 6.45) is 8.15. The predicted octanol–water partition coefficient (Wildman–Crippen LogP) is -0.371. The fourth-order valence-corrected chi connectivity index (χ4v) is 1.75. The van der Waals surface area contributed by atoms with E-state index in [1.165, 1.54) is 0 Å². The molecule has 4 heteroatoms. The number of aliphatic hydroxyl groups is 1. The first kappa shape index (κ1) is 12.0. The summed E-state index contributed by atoms with van der Waals surface area (Å²) in [5.74, 6) is 2.39. The smallest absolute Gasteiger partial charge is 0.234 e. The van der Waals surface area contributed by atoms with Gasteiger partial charge in [-0.1, -0.05) is 5.92 Å². The van der Waals surface area contributed by atoms with Crippen LogP contribution in [-0.2, 0) is 4.79 Å². The molecule has 0 radical (unpaired) electrons. The fraction of sp³-hybridized carbons (Fsp3) is 0.727. The highest BCUT2D eigenvalue weighted by molar-refractivity contribution is 5.78. The van der Waals surface area contributed by atoms with Crippen molar-refractivity contribution < 1.29 is 9.90 Å². The Kier molecular flexibility index (Phi) is 5.16. The summed E-state index contributed by atoms with van der Waals surface area (Å²) in [6.45, 7) is 0.681. The quantitative estimate of drug-likeness (QED) is 0.438. The number of carbonyl (C=O) groups excluding carboxylic acids is 1. The number of amides is 1. The van der Waals surface area contributed by atoms with Crippen molar-refractivity contribution in [1.82, 2.24) is 10.6 Å². The summed E-state index contributed by atoms with van der Waals surface area (Å²) in [6, 6.07) is 0.216. The minimum absolute atomic E-state index is 0.0216. The Morgan fingerprint density at radius 1 is 1.40 bits per heavy atom. The second kappa shape index (κ2) is 6.44. The van der Waals surface area contributed by atoms with Crippen molar-refractivity contribution in [2.75, 3.05) is 13.1 Å². The van der Waals surface area contributed by atoms with Gasteiger partial charge in [0, 0.05) is 6.04 Å². The van der Waals surface area contributed by atoms with Crippen LogP contribution in [0.4, 0.5) is 0 Å². The average Bonchev–Trinajstić information content (AvgIpc) is 2.22. The molecule has 0 aromatic rings. The Morgan fingerprint density at radius 3 is 2.67 bits per heavy atom. The molecule has 1 saturated carbocycles. The van der Waals surface area contributed by atoms with Crippen LogP contribution < -0.4 is 10.6 Å². The number of terminal acetylenes is 1. The monoisotopic (exact) mass is 210 g/mol. The van der Waals surface area contributed by atoms with E-state index in [4.69, 9.17) is 6.42 Å². The van der Waals surface area contributed by atoms with Gasteiger partial charge in [0.15, 0.2) is 0 Å². The number of carbonyl (C=O) groups is 1. The molecule has 0 unspecified atom stereocenters. The topological polar surface area (TPSA) is 61.4 Å². The van der Waals surface area contributed by atoms with Gasteiger partial charge in [0.25, 0.3) is 0 Å². The summed E-state index contributed by atoms with van der Waals surface area (Å²) in [4.78, 5) is 11.4. The third kappa shape index (κ3) is 4.82. The first-order valence-corrected chi connectivity index (χ1v) is 5.34. The molecule has 84 valence electrons. The van der Waals surface area contributed by atoms with E-state index >= 15 is 0 Å². The lowest BCUT2D eigenvalue weighted by Gasteiger charge is -2.26. The Labute approximate surface area is 90.4 Å². The number of nitrogens with one attached hydrogen (secondary N) is 2. The number of hydrogen-bond donors (Lipinski definition) is 3. The average molecular weight is 210 g/mol. The van der Waals surface area contributed by atoms with Crippen molar-refractivity contribution in [1.29, 1.82) is 0 Å². The molecule has 0 heterocycles. The van der Waals surface area contributed by atoms with Gasteiger partial charge in [-0.3, -0.25) is 10.1 Å². The third-order valence-electron chi connectivity index (χ3n) is 2.57. The summed E-state index contributed by atoms with van der Waals surface area (Å²) >= 11 is 0. The van der Waals surface area contributed by atoms with E-state index in [1.807, 2.05) is 0 Å². The molecule has 0 aromatic heterocycles. The molecule has 0 aromatic carbocycles. The van der Waals surface area contributed by atoms with Gasteiger partial charge in [0.1, 0.15) is 0 Å². The Bertz CT molecular complexity index is 239. The Balaban J connectivity index is 2.13. The molecule has 3 N–H and O–H groups in total. The van der Waals surface area contributed by atoms with Crippen LogP contribution in [0.25, 0.3) is 0 Å². The van der Waals surface area contributed by atoms with Crippen LogP contribution in [0.15, 0.2) is 0 Å². The minimum atomic E-state index is -0.183. The lowest BCUT2D eigenvalue weighted by atomic mass is 9.93. The lowest BCUT2D eigenvalue weighted by molar-refractivity contribution is -0.121. The zero-order chi connectivity index (χ0) is 11.1. The molecule has 4 nitrogen and oxygen atoms in total. The Hall–Kier alpha value is -1.05. The highest BCUT2D eigenvalue weighted by Crippen LogP contribution is 2.17. The Morgan fingerprint density at radius 2 is 2.07 bits per heavy atom. The molecule has 1 fully saturated rings. The van der Waals surface area contributed by atoms with Crippen molar-refractivity contribution in [3.63, 3.8) is 0 Å². The van der Waals surface area contributed by atoms with Crippen LogP contribution in [0, 0.1) is 12.3 Å². The first-order chi connectivity index (χ1) is 7.22. The molecule has 0 atom stereocenters. The van der Waals surface area contributed by atoms with E-state index in [2.05, 4.69) is 16.6 Å². The van der Waals surface area contributed by atoms with Crippen LogP contribution in [0.2, 0.25) is 0 Å². The molecule has 1 amide bonds. The van der Waals surface area contributed by atoms with Crippen LogP contribution in [0.1, 0.15) is 25.7 Å². The first-order valence-electron chi connectivity index (χ1n) is 5.34.